The van der Waals surface area contributed by atoms with Gasteiger partial charge in [0.25, 0.3) is 0 Å². The highest BCUT2D eigenvalue weighted by atomic mass is 16.3. The van der Waals surface area contributed by atoms with Crippen LogP contribution in [0.15, 0.2) is 60.7 Å². The fraction of sp³-hybridized carbons (Fsp3) is 0.455. The largest absolute Gasteiger partial charge is 0.386 e. The van der Waals surface area contributed by atoms with E-state index in [0.717, 1.165) is 44.5 Å². The van der Waals surface area contributed by atoms with Gasteiger partial charge in [-0.25, -0.2) is 0 Å². The Morgan fingerprint density at radius 3 is 2.44 bits per heavy atom. The van der Waals surface area contributed by atoms with Gasteiger partial charge in [0.2, 0.25) is 0 Å². The minimum absolute atomic E-state index is 0.132. The minimum Gasteiger partial charge on any atom is -0.386 e. The lowest BCUT2D eigenvalue weighted by Crippen LogP contribution is -2.66. The first kappa shape index (κ1) is 16.6. The molecule has 2 N–H and O–H groups in total. The molecule has 2 aromatic rings. The van der Waals surface area contributed by atoms with Crippen molar-refractivity contribution < 1.29 is 5.11 Å². The van der Waals surface area contributed by atoms with Crippen LogP contribution >= 0.6 is 0 Å². The van der Waals surface area contributed by atoms with Crippen molar-refractivity contribution in [2.45, 2.75) is 56.3 Å². The fourth-order valence-corrected chi connectivity index (χ4v) is 4.71. The SMILES string of the molecule is O[C@]12CCCCC1N(Cc1ccccc1)CCC2Nc1ccccc1. The van der Waals surface area contributed by atoms with Crippen LogP contribution in [0.4, 0.5) is 5.69 Å². The van der Waals surface area contributed by atoms with Crippen molar-refractivity contribution in [2.24, 2.45) is 0 Å². The maximum Gasteiger partial charge on any atom is 0.100 e. The van der Waals surface area contributed by atoms with E-state index < -0.39 is 5.60 Å². The molecule has 1 saturated carbocycles. The molecule has 2 unspecified atom stereocenters. The predicted molar refractivity (Wildman–Crippen MR) is 103 cm³/mol. The normalized spacial score (nSPS) is 29.8. The Kier molecular flexibility index (Phi) is 4.78. The predicted octanol–water partition coefficient (Wildman–Crippen LogP) is 4.05. The summed E-state index contributed by atoms with van der Waals surface area (Å²) < 4.78 is 0. The van der Waals surface area contributed by atoms with Gasteiger partial charge in [-0.05, 0) is 37.0 Å². The second kappa shape index (κ2) is 7.19. The maximum absolute atomic E-state index is 11.7. The number of piperidine rings is 1. The molecule has 3 heteroatoms. The number of nitrogens with zero attached hydrogens (tertiary/aromatic N) is 1. The van der Waals surface area contributed by atoms with E-state index in [1.165, 1.54) is 12.0 Å². The Morgan fingerprint density at radius 1 is 0.960 bits per heavy atom. The van der Waals surface area contributed by atoms with E-state index in [0.29, 0.717) is 0 Å². The molecule has 1 aliphatic heterocycles. The molecule has 1 saturated heterocycles. The molecule has 2 fully saturated rings. The first-order chi connectivity index (χ1) is 12.3. The average molecular weight is 336 g/mol. The highest BCUT2D eigenvalue weighted by Crippen LogP contribution is 2.40. The van der Waals surface area contributed by atoms with E-state index in [2.05, 4.69) is 64.8 Å². The second-order valence-electron chi connectivity index (χ2n) is 7.56. The summed E-state index contributed by atoms with van der Waals surface area (Å²) in [5.41, 5.74) is 1.81. The summed E-state index contributed by atoms with van der Waals surface area (Å²) in [5, 5.41) is 15.3. The summed E-state index contributed by atoms with van der Waals surface area (Å²) in [6.45, 7) is 1.97. The summed E-state index contributed by atoms with van der Waals surface area (Å²) in [5.74, 6) is 0. The third kappa shape index (κ3) is 3.44. The summed E-state index contributed by atoms with van der Waals surface area (Å²) in [6, 6.07) is 21.4. The minimum atomic E-state index is -0.638. The lowest BCUT2D eigenvalue weighted by atomic mass is 9.71. The molecule has 25 heavy (non-hydrogen) atoms. The number of benzene rings is 2. The monoisotopic (exact) mass is 336 g/mol. The van der Waals surface area contributed by atoms with Crippen molar-refractivity contribution in [3.8, 4) is 0 Å². The summed E-state index contributed by atoms with van der Waals surface area (Å²) >= 11 is 0. The molecule has 2 aliphatic rings. The van der Waals surface area contributed by atoms with Crippen LogP contribution in [0.3, 0.4) is 0 Å². The van der Waals surface area contributed by atoms with Crippen LogP contribution in [-0.2, 0) is 6.54 Å². The highest BCUT2D eigenvalue weighted by molar-refractivity contribution is 5.44. The van der Waals surface area contributed by atoms with Gasteiger partial charge < -0.3 is 10.4 Å². The first-order valence-electron chi connectivity index (χ1n) is 9.58. The van der Waals surface area contributed by atoms with Gasteiger partial charge in [0, 0.05) is 24.8 Å². The molecule has 3 nitrogen and oxygen atoms in total. The van der Waals surface area contributed by atoms with Gasteiger partial charge in [0.05, 0.1) is 6.04 Å². The molecule has 0 bridgehead atoms. The smallest absolute Gasteiger partial charge is 0.100 e. The summed E-state index contributed by atoms with van der Waals surface area (Å²) in [6.07, 6.45) is 5.31. The van der Waals surface area contributed by atoms with E-state index >= 15 is 0 Å². The number of anilines is 1. The molecular formula is C22H28N2O. The molecule has 132 valence electrons. The third-order valence-corrected chi connectivity index (χ3v) is 5.97. The molecule has 0 spiro atoms. The van der Waals surface area contributed by atoms with Crippen molar-refractivity contribution in [1.29, 1.82) is 0 Å². The van der Waals surface area contributed by atoms with Gasteiger partial charge in [0.15, 0.2) is 0 Å². The van der Waals surface area contributed by atoms with Gasteiger partial charge in [-0.2, -0.15) is 0 Å². The number of hydrogen-bond acceptors (Lipinski definition) is 3. The van der Waals surface area contributed by atoms with Gasteiger partial charge in [-0.1, -0.05) is 61.4 Å². The molecule has 4 rings (SSSR count). The lowest BCUT2D eigenvalue weighted by molar-refractivity contribution is -0.114. The van der Waals surface area contributed by atoms with E-state index in [4.69, 9.17) is 0 Å². The second-order valence-corrected chi connectivity index (χ2v) is 7.56. The number of likely N-dealkylation sites (tertiary alicyclic amines) is 1. The Balaban J connectivity index is 1.54. The summed E-state index contributed by atoms with van der Waals surface area (Å²) in [7, 11) is 0. The molecule has 0 radical (unpaired) electrons. The third-order valence-electron chi connectivity index (χ3n) is 5.97. The van der Waals surface area contributed by atoms with Crippen molar-refractivity contribution in [1.82, 2.24) is 4.90 Å². The van der Waals surface area contributed by atoms with Crippen molar-refractivity contribution in [3.63, 3.8) is 0 Å². The van der Waals surface area contributed by atoms with Crippen LogP contribution in [-0.4, -0.2) is 34.2 Å². The van der Waals surface area contributed by atoms with Gasteiger partial charge in [0.1, 0.15) is 5.60 Å². The fourth-order valence-electron chi connectivity index (χ4n) is 4.71. The standard InChI is InChI=1S/C22H28N2O/c25-22-15-8-7-13-21(22)24(17-18-9-3-1-4-10-18)16-14-20(22)23-19-11-5-2-6-12-19/h1-6,9-12,20-21,23,25H,7-8,13-17H2/t20?,21?,22-/m0/s1. The van der Waals surface area contributed by atoms with E-state index in [9.17, 15) is 5.11 Å². The first-order valence-corrected chi connectivity index (χ1v) is 9.58. The zero-order valence-electron chi connectivity index (χ0n) is 14.8. The topological polar surface area (TPSA) is 35.5 Å². The molecular weight excluding hydrogens is 308 g/mol. The zero-order valence-corrected chi connectivity index (χ0v) is 14.8. The molecule has 1 heterocycles. The number of para-hydroxylation sites is 1. The number of aliphatic hydroxyl groups is 1. The van der Waals surface area contributed by atoms with E-state index in [1.54, 1.807) is 0 Å². The Bertz CT molecular complexity index is 675. The number of nitrogens with one attached hydrogen (secondary N) is 1. The number of rotatable bonds is 4. The van der Waals surface area contributed by atoms with Crippen LogP contribution in [0.25, 0.3) is 0 Å². The van der Waals surface area contributed by atoms with Crippen molar-refractivity contribution >= 4 is 5.69 Å². The maximum atomic E-state index is 11.7. The van der Waals surface area contributed by atoms with Crippen LogP contribution in [0.5, 0.6) is 0 Å². The van der Waals surface area contributed by atoms with Crippen LogP contribution in [0.1, 0.15) is 37.7 Å². The van der Waals surface area contributed by atoms with E-state index in [-0.39, 0.29) is 12.1 Å². The number of fused-ring (bicyclic) bond motifs is 1. The molecule has 0 aromatic heterocycles. The van der Waals surface area contributed by atoms with Crippen LogP contribution < -0.4 is 5.32 Å². The van der Waals surface area contributed by atoms with Crippen LogP contribution in [0.2, 0.25) is 0 Å². The Hall–Kier alpha value is -1.84. The quantitative estimate of drug-likeness (QED) is 0.884. The molecule has 1 aliphatic carbocycles. The average Bonchev–Trinajstić information content (AvgIpc) is 2.65. The van der Waals surface area contributed by atoms with E-state index in [1.807, 2.05) is 6.07 Å². The Morgan fingerprint density at radius 2 is 1.68 bits per heavy atom. The van der Waals surface area contributed by atoms with Crippen molar-refractivity contribution in [3.05, 3.63) is 66.2 Å². The Labute approximate surface area is 150 Å². The van der Waals surface area contributed by atoms with Crippen LogP contribution in [0, 0.1) is 0 Å². The zero-order chi connectivity index (χ0) is 17.1. The molecule has 3 atom stereocenters. The lowest BCUT2D eigenvalue weighted by Gasteiger charge is -2.54. The van der Waals surface area contributed by atoms with Gasteiger partial charge in [-0.15, -0.1) is 0 Å². The van der Waals surface area contributed by atoms with Gasteiger partial charge >= 0.3 is 0 Å². The van der Waals surface area contributed by atoms with Gasteiger partial charge in [-0.3, -0.25) is 4.90 Å². The molecule has 0 amide bonds. The summed E-state index contributed by atoms with van der Waals surface area (Å²) in [4.78, 5) is 2.51. The molecule has 2 aromatic carbocycles. The highest BCUT2D eigenvalue weighted by Gasteiger charge is 2.50. The van der Waals surface area contributed by atoms with Crippen molar-refractivity contribution in [2.75, 3.05) is 11.9 Å². The number of hydrogen-bond donors (Lipinski definition) is 2.